The molecular formula is C42H42Cl3N3O5. The van der Waals surface area contributed by atoms with Gasteiger partial charge in [0.1, 0.15) is 23.9 Å². The van der Waals surface area contributed by atoms with Gasteiger partial charge in [0, 0.05) is 67.9 Å². The summed E-state index contributed by atoms with van der Waals surface area (Å²) in [5, 5.41) is 1.08. The minimum atomic E-state index is -0.0182. The van der Waals surface area contributed by atoms with Crippen molar-refractivity contribution in [1.29, 1.82) is 0 Å². The molecule has 5 aromatic rings. The minimum Gasteiger partial charge on any atom is -0.497 e. The van der Waals surface area contributed by atoms with Gasteiger partial charge in [-0.1, -0.05) is 71.7 Å². The number of amides is 1. The van der Waals surface area contributed by atoms with Crippen molar-refractivity contribution in [1.82, 2.24) is 14.8 Å². The van der Waals surface area contributed by atoms with Crippen LogP contribution in [-0.4, -0.2) is 60.6 Å². The molecule has 8 nitrogen and oxygen atoms in total. The SMILES string of the molecule is COc1cccc(OCCc2ccc(CN3CCN(C(=O)C=Cc4cc(C)c(Oc5ccc(OCc6ccccc6Cl)cn5)c(Cl)c4)CC3)cc2)c1.Cl. The first-order valence-electron chi connectivity index (χ1n) is 17.2. The molecule has 53 heavy (non-hydrogen) atoms. The molecule has 1 saturated heterocycles. The molecule has 0 bridgehead atoms. The molecule has 1 aromatic heterocycles. The number of ether oxygens (including phenoxy) is 4. The highest BCUT2D eigenvalue weighted by atomic mass is 35.5. The number of aryl methyl sites for hydroxylation is 1. The lowest BCUT2D eigenvalue weighted by atomic mass is 10.1. The van der Waals surface area contributed by atoms with Crippen LogP contribution in [0.2, 0.25) is 10.0 Å². The Labute approximate surface area is 327 Å². The van der Waals surface area contributed by atoms with Gasteiger partial charge in [0.05, 0.1) is 24.9 Å². The van der Waals surface area contributed by atoms with Gasteiger partial charge in [-0.2, -0.15) is 0 Å². The molecule has 2 heterocycles. The van der Waals surface area contributed by atoms with E-state index >= 15 is 0 Å². The molecule has 11 heteroatoms. The number of methoxy groups -OCH3 is 1. The monoisotopic (exact) mass is 773 g/mol. The molecule has 1 aliphatic rings. The second kappa shape index (κ2) is 19.4. The molecule has 0 radical (unpaired) electrons. The van der Waals surface area contributed by atoms with Crippen molar-refractivity contribution in [3.8, 4) is 28.9 Å². The number of hydrogen-bond donors (Lipinski definition) is 0. The van der Waals surface area contributed by atoms with Crippen LogP contribution in [0.15, 0.2) is 109 Å². The van der Waals surface area contributed by atoms with Crippen molar-refractivity contribution in [2.24, 2.45) is 0 Å². The van der Waals surface area contributed by atoms with Gasteiger partial charge in [-0.05, 0) is 71.7 Å². The van der Waals surface area contributed by atoms with E-state index in [0.717, 1.165) is 54.2 Å². The number of nitrogens with zero attached hydrogens (tertiary/aromatic N) is 3. The predicted octanol–water partition coefficient (Wildman–Crippen LogP) is 9.48. The van der Waals surface area contributed by atoms with Crippen molar-refractivity contribution in [2.75, 3.05) is 39.9 Å². The van der Waals surface area contributed by atoms with E-state index < -0.39 is 0 Å². The van der Waals surface area contributed by atoms with E-state index in [4.69, 9.17) is 42.1 Å². The maximum Gasteiger partial charge on any atom is 0.246 e. The average Bonchev–Trinajstić information content (AvgIpc) is 3.16. The van der Waals surface area contributed by atoms with Crippen molar-refractivity contribution in [2.45, 2.75) is 26.5 Å². The molecule has 0 saturated carbocycles. The zero-order chi connectivity index (χ0) is 36.3. The average molecular weight is 775 g/mol. The van der Waals surface area contributed by atoms with Crippen molar-refractivity contribution in [3.05, 3.63) is 147 Å². The highest BCUT2D eigenvalue weighted by molar-refractivity contribution is 6.32. The van der Waals surface area contributed by atoms with Gasteiger partial charge in [-0.3, -0.25) is 9.69 Å². The summed E-state index contributed by atoms with van der Waals surface area (Å²) in [5.74, 6) is 3.06. The summed E-state index contributed by atoms with van der Waals surface area (Å²) in [6.07, 6.45) is 5.83. The van der Waals surface area contributed by atoms with Crippen LogP contribution in [0.1, 0.15) is 27.8 Å². The summed E-state index contributed by atoms with van der Waals surface area (Å²) in [7, 11) is 1.65. The second-order valence-electron chi connectivity index (χ2n) is 12.5. The van der Waals surface area contributed by atoms with Crippen LogP contribution in [-0.2, 0) is 24.4 Å². The number of piperazine rings is 1. The number of benzene rings is 4. The van der Waals surface area contributed by atoms with Crippen LogP contribution in [0.5, 0.6) is 28.9 Å². The number of rotatable bonds is 14. The van der Waals surface area contributed by atoms with Crippen molar-refractivity contribution >= 4 is 47.6 Å². The molecule has 1 amide bonds. The van der Waals surface area contributed by atoms with Crippen LogP contribution in [0.3, 0.4) is 0 Å². The Bertz CT molecular complexity index is 1960. The van der Waals surface area contributed by atoms with Gasteiger partial charge in [0.2, 0.25) is 11.8 Å². The van der Waals surface area contributed by atoms with Crippen LogP contribution in [0, 0.1) is 6.92 Å². The molecular weight excluding hydrogens is 733 g/mol. The summed E-state index contributed by atoms with van der Waals surface area (Å²) < 4.78 is 23.0. The molecule has 6 rings (SSSR count). The summed E-state index contributed by atoms with van der Waals surface area (Å²) in [6.45, 7) is 6.66. The standard InChI is InChI=1S/C42H41Cl2N3O5.ClH/c1-30-24-33(25-39(44)42(30)52-40-16-15-37(27-45-40)51-29-34-6-3-4-9-38(34)43)14-17-41(48)47-21-19-46(20-22-47)28-32-12-10-31(11-13-32)18-23-50-36-8-5-7-35(26-36)49-2;/h3-17,24-27H,18-23,28-29H2,1-2H3;1H. The predicted molar refractivity (Wildman–Crippen MR) is 213 cm³/mol. The summed E-state index contributed by atoms with van der Waals surface area (Å²) in [6, 6.07) is 31.1. The largest absolute Gasteiger partial charge is 0.497 e. The normalized spacial score (nSPS) is 13.0. The van der Waals surface area contributed by atoms with Gasteiger partial charge in [-0.25, -0.2) is 4.98 Å². The summed E-state index contributed by atoms with van der Waals surface area (Å²) in [4.78, 5) is 21.7. The first kappa shape index (κ1) is 39.5. The Morgan fingerprint density at radius 1 is 0.811 bits per heavy atom. The summed E-state index contributed by atoms with van der Waals surface area (Å²) >= 11 is 12.8. The molecule has 0 N–H and O–H groups in total. The number of pyridine rings is 1. The van der Waals surface area contributed by atoms with Gasteiger partial charge in [0.15, 0.2) is 5.75 Å². The molecule has 276 valence electrons. The third-order valence-corrected chi connectivity index (χ3v) is 9.40. The highest BCUT2D eigenvalue weighted by Crippen LogP contribution is 2.34. The fourth-order valence-electron chi connectivity index (χ4n) is 5.82. The van der Waals surface area contributed by atoms with Crippen LogP contribution in [0.4, 0.5) is 0 Å². The minimum absolute atomic E-state index is 0. The molecule has 1 fully saturated rings. The maximum absolute atomic E-state index is 13.1. The fourth-order valence-corrected chi connectivity index (χ4v) is 6.33. The van der Waals surface area contributed by atoms with E-state index in [-0.39, 0.29) is 18.3 Å². The number of carbonyl (C=O) groups is 1. The van der Waals surface area contributed by atoms with E-state index in [0.29, 0.717) is 53.7 Å². The summed E-state index contributed by atoms with van der Waals surface area (Å²) in [5.41, 5.74) is 5.01. The first-order chi connectivity index (χ1) is 25.3. The van der Waals surface area contributed by atoms with Gasteiger partial charge in [-0.15, -0.1) is 12.4 Å². The smallest absolute Gasteiger partial charge is 0.246 e. The maximum atomic E-state index is 13.1. The molecule has 0 spiro atoms. The van der Waals surface area contributed by atoms with E-state index in [2.05, 4.69) is 34.1 Å². The quantitative estimate of drug-likeness (QED) is 0.104. The Balaban J connectivity index is 0.00000541. The highest BCUT2D eigenvalue weighted by Gasteiger charge is 2.20. The third-order valence-electron chi connectivity index (χ3n) is 8.75. The Morgan fingerprint density at radius 3 is 2.28 bits per heavy atom. The number of halogens is 3. The number of hydrogen-bond acceptors (Lipinski definition) is 7. The third kappa shape index (κ3) is 11.4. The first-order valence-corrected chi connectivity index (χ1v) is 17.9. The molecule has 4 aromatic carbocycles. The lowest BCUT2D eigenvalue weighted by molar-refractivity contribution is -0.127. The van der Waals surface area contributed by atoms with Crippen LogP contribution >= 0.6 is 35.6 Å². The Morgan fingerprint density at radius 2 is 1.57 bits per heavy atom. The van der Waals surface area contributed by atoms with E-state index in [9.17, 15) is 4.79 Å². The topological polar surface area (TPSA) is 73.4 Å². The van der Waals surface area contributed by atoms with Crippen LogP contribution in [0.25, 0.3) is 6.08 Å². The Hall–Kier alpha value is -4.73. The molecule has 1 aliphatic heterocycles. The van der Waals surface area contributed by atoms with E-state index in [1.807, 2.05) is 66.4 Å². The van der Waals surface area contributed by atoms with Gasteiger partial charge >= 0.3 is 0 Å². The van der Waals surface area contributed by atoms with Gasteiger partial charge < -0.3 is 23.8 Å². The van der Waals surface area contributed by atoms with Gasteiger partial charge in [0.25, 0.3) is 0 Å². The van der Waals surface area contributed by atoms with Crippen molar-refractivity contribution < 1.29 is 23.7 Å². The number of carbonyl (C=O) groups excluding carboxylic acids is 1. The number of aromatic nitrogens is 1. The fraction of sp³-hybridized carbons (Fsp3) is 0.238. The van der Waals surface area contributed by atoms with E-state index in [1.54, 1.807) is 43.7 Å². The van der Waals surface area contributed by atoms with Crippen molar-refractivity contribution in [3.63, 3.8) is 0 Å². The lowest BCUT2D eigenvalue weighted by Crippen LogP contribution is -2.47. The molecule has 0 aliphatic carbocycles. The van der Waals surface area contributed by atoms with Crippen LogP contribution < -0.4 is 18.9 Å². The lowest BCUT2D eigenvalue weighted by Gasteiger charge is -2.34. The molecule has 0 atom stereocenters. The second-order valence-corrected chi connectivity index (χ2v) is 13.3. The zero-order valence-corrected chi connectivity index (χ0v) is 32.0. The zero-order valence-electron chi connectivity index (χ0n) is 29.7. The Kier molecular flexibility index (Phi) is 14.4. The van der Waals surface area contributed by atoms with E-state index in [1.165, 1.54) is 11.1 Å². The molecule has 0 unspecified atom stereocenters.